The van der Waals surface area contributed by atoms with E-state index in [1.807, 2.05) is 0 Å². The summed E-state index contributed by atoms with van der Waals surface area (Å²) in [4.78, 5) is 0.218. The lowest BCUT2D eigenvalue weighted by Gasteiger charge is -2.30. The van der Waals surface area contributed by atoms with Crippen LogP contribution in [0.4, 0.5) is 5.69 Å². The van der Waals surface area contributed by atoms with Crippen molar-refractivity contribution >= 4 is 31.6 Å². The summed E-state index contributed by atoms with van der Waals surface area (Å²) >= 11 is 3.25. The van der Waals surface area contributed by atoms with Crippen LogP contribution in [-0.4, -0.2) is 37.5 Å². The summed E-state index contributed by atoms with van der Waals surface area (Å²) in [6.45, 7) is 1.02. The fourth-order valence-electron chi connectivity index (χ4n) is 2.16. The Morgan fingerprint density at radius 1 is 1.37 bits per heavy atom. The van der Waals surface area contributed by atoms with Crippen LogP contribution in [0.2, 0.25) is 0 Å². The second kappa shape index (κ2) is 5.78. The van der Waals surface area contributed by atoms with Crippen molar-refractivity contribution in [1.82, 2.24) is 4.31 Å². The Balaban J connectivity index is 2.21. The quantitative estimate of drug-likeness (QED) is 0.809. The van der Waals surface area contributed by atoms with Crippen LogP contribution in [-0.2, 0) is 10.0 Å². The Labute approximate surface area is 121 Å². The van der Waals surface area contributed by atoms with Gasteiger partial charge in [0, 0.05) is 29.9 Å². The molecule has 0 aliphatic carbocycles. The van der Waals surface area contributed by atoms with Gasteiger partial charge in [-0.25, -0.2) is 8.42 Å². The van der Waals surface area contributed by atoms with E-state index < -0.39 is 10.0 Å². The first-order valence-corrected chi connectivity index (χ1v) is 8.34. The van der Waals surface area contributed by atoms with Gasteiger partial charge >= 0.3 is 0 Å². The number of sulfonamides is 1. The van der Waals surface area contributed by atoms with Crippen LogP contribution in [0, 0.1) is 5.92 Å². The van der Waals surface area contributed by atoms with E-state index >= 15 is 0 Å². The van der Waals surface area contributed by atoms with Gasteiger partial charge in [0.2, 0.25) is 10.0 Å². The molecular formula is C12H17BrN2O3S. The maximum atomic E-state index is 12.4. The standard InChI is InChI=1S/C12H17BrN2O3S/c13-11-2-1-10(7-12(11)14)19(17,18)15-5-3-9(8-16)4-6-15/h1-2,7,9,16H,3-6,8,14H2. The molecule has 0 radical (unpaired) electrons. The molecule has 0 bridgehead atoms. The van der Waals surface area contributed by atoms with E-state index in [9.17, 15) is 8.42 Å². The minimum Gasteiger partial charge on any atom is -0.398 e. The molecule has 0 aromatic heterocycles. The average molecular weight is 349 g/mol. The topological polar surface area (TPSA) is 83.6 Å². The van der Waals surface area contributed by atoms with Crippen molar-refractivity contribution in [3.63, 3.8) is 0 Å². The predicted molar refractivity (Wildman–Crippen MR) is 77.1 cm³/mol. The molecule has 1 heterocycles. The molecule has 1 aliphatic rings. The van der Waals surface area contributed by atoms with Gasteiger partial charge < -0.3 is 10.8 Å². The van der Waals surface area contributed by atoms with E-state index in [1.54, 1.807) is 12.1 Å². The molecule has 1 aromatic carbocycles. The van der Waals surface area contributed by atoms with Gasteiger partial charge in [0.1, 0.15) is 0 Å². The molecule has 3 N–H and O–H groups in total. The normalized spacial score (nSPS) is 18.6. The first kappa shape index (κ1) is 14.8. The van der Waals surface area contributed by atoms with E-state index in [4.69, 9.17) is 10.8 Å². The lowest BCUT2D eigenvalue weighted by atomic mass is 10.00. The molecular weight excluding hydrogens is 332 g/mol. The number of aliphatic hydroxyl groups is 1. The van der Waals surface area contributed by atoms with Crippen molar-refractivity contribution in [1.29, 1.82) is 0 Å². The molecule has 106 valence electrons. The van der Waals surface area contributed by atoms with E-state index in [0.717, 1.165) is 0 Å². The molecule has 7 heteroatoms. The molecule has 1 aliphatic heterocycles. The second-order valence-corrected chi connectivity index (χ2v) is 7.51. The molecule has 19 heavy (non-hydrogen) atoms. The molecule has 0 atom stereocenters. The van der Waals surface area contributed by atoms with Crippen LogP contribution < -0.4 is 5.73 Å². The summed E-state index contributed by atoms with van der Waals surface area (Å²) in [5.74, 6) is 0.210. The van der Waals surface area contributed by atoms with Crippen LogP contribution in [0.25, 0.3) is 0 Å². The van der Waals surface area contributed by atoms with Crippen molar-refractivity contribution in [2.24, 2.45) is 5.92 Å². The highest BCUT2D eigenvalue weighted by atomic mass is 79.9. The number of hydrogen-bond donors (Lipinski definition) is 2. The molecule has 0 amide bonds. The van der Waals surface area contributed by atoms with E-state index in [-0.39, 0.29) is 17.4 Å². The Hall–Kier alpha value is -0.630. The highest BCUT2D eigenvalue weighted by Crippen LogP contribution is 2.27. The molecule has 1 saturated heterocycles. The molecule has 1 fully saturated rings. The molecule has 2 rings (SSSR count). The van der Waals surface area contributed by atoms with Crippen LogP contribution in [0.5, 0.6) is 0 Å². The third-order valence-corrected chi connectivity index (χ3v) is 6.05. The van der Waals surface area contributed by atoms with Gasteiger partial charge in [-0.15, -0.1) is 0 Å². The van der Waals surface area contributed by atoms with Crippen LogP contribution in [0.3, 0.4) is 0 Å². The van der Waals surface area contributed by atoms with E-state index in [0.29, 0.717) is 36.1 Å². The highest BCUT2D eigenvalue weighted by Gasteiger charge is 2.29. The van der Waals surface area contributed by atoms with E-state index in [2.05, 4.69) is 15.9 Å². The summed E-state index contributed by atoms with van der Waals surface area (Å²) in [6.07, 6.45) is 1.39. The smallest absolute Gasteiger partial charge is 0.243 e. The zero-order chi connectivity index (χ0) is 14.0. The number of nitrogen functional groups attached to an aromatic ring is 1. The zero-order valence-corrected chi connectivity index (χ0v) is 12.8. The molecule has 0 saturated carbocycles. The first-order chi connectivity index (χ1) is 8.95. The number of hydrogen-bond acceptors (Lipinski definition) is 4. The largest absolute Gasteiger partial charge is 0.398 e. The second-order valence-electron chi connectivity index (χ2n) is 4.71. The van der Waals surface area contributed by atoms with E-state index in [1.165, 1.54) is 10.4 Å². The number of anilines is 1. The van der Waals surface area contributed by atoms with Crippen molar-refractivity contribution in [3.05, 3.63) is 22.7 Å². The third kappa shape index (κ3) is 3.10. The number of nitrogens with two attached hydrogens (primary N) is 1. The maximum Gasteiger partial charge on any atom is 0.243 e. The number of benzene rings is 1. The summed E-state index contributed by atoms with van der Waals surface area (Å²) in [5.41, 5.74) is 6.14. The van der Waals surface area contributed by atoms with Crippen molar-refractivity contribution in [2.45, 2.75) is 17.7 Å². The Kier molecular flexibility index (Phi) is 4.50. The van der Waals surface area contributed by atoms with Crippen molar-refractivity contribution in [3.8, 4) is 0 Å². The van der Waals surface area contributed by atoms with Gasteiger partial charge in [-0.05, 0) is 52.9 Å². The summed E-state index contributed by atoms with van der Waals surface area (Å²) in [7, 11) is -3.48. The lowest BCUT2D eigenvalue weighted by Crippen LogP contribution is -2.39. The van der Waals surface area contributed by atoms with Gasteiger partial charge in [-0.3, -0.25) is 0 Å². The molecule has 1 aromatic rings. The van der Waals surface area contributed by atoms with Crippen molar-refractivity contribution in [2.75, 3.05) is 25.4 Å². The fraction of sp³-hybridized carbons (Fsp3) is 0.500. The van der Waals surface area contributed by atoms with Gasteiger partial charge in [-0.1, -0.05) is 0 Å². The van der Waals surface area contributed by atoms with Crippen molar-refractivity contribution < 1.29 is 13.5 Å². The lowest BCUT2D eigenvalue weighted by molar-refractivity contribution is 0.170. The minimum absolute atomic E-state index is 0.124. The number of aliphatic hydroxyl groups excluding tert-OH is 1. The maximum absolute atomic E-state index is 12.4. The monoisotopic (exact) mass is 348 g/mol. The number of halogens is 1. The summed E-state index contributed by atoms with van der Waals surface area (Å²) in [5, 5.41) is 9.07. The summed E-state index contributed by atoms with van der Waals surface area (Å²) < 4.78 is 27.0. The van der Waals surface area contributed by atoms with Gasteiger partial charge in [-0.2, -0.15) is 4.31 Å². The molecule has 5 nitrogen and oxygen atoms in total. The fourth-order valence-corrected chi connectivity index (χ4v) is 3.92. The number of piperidine rings is 1. The Bertz CT molecular complexity index is 554. The average Bonchev–Trinajstić information content (AvgIpc) is 2.41. The zero-order valence-electron chi connectivity index (χ0n) is 10.4. The van der Waals surface area contributed by atoms with Gasteiger partial charge in [0.05, 0.1) is 4.90 Å². The molecule has 0 spiro atoms. The van der Waals surface area contributed by atoms with Gasteiger partial charge in [0.15, 0.2) is 0 Å². The summed E-state index contributed by atoms with van der Waals surface area (Å²) in [6, 6.07) is 4.66. The van der Waals surface area contributed by atoms with Crippen LogP contribution in [0.1, 0.15) is 12.8 Å². The Morgan fingerprint density at radius 2 is 2.00 bits per heavy atom. The number of rotatable bonds is 3. The molecule has 0 unspecified atom stereocenters. The predicted octanol–water partition coefficient (Wildman–Crippen LogP) is 1.42. The number of nitrogens with zero attached hydrogens (tertiary/aromatic N) is 1. The van der Waals surface area contributed by atoms with Crippen LogP contribution in [0.15, 0.2) is 27.6 Å². The highest BCUT2D eigenvalue weighted by molar-refractivity contribution is 9.10. The minimum atomic E-state index is -3.48. The van der Waals surface area contributed by atoms with Crippen LogP contribution >= 0.6 is 15.9 Å². The third-order valence-electron chi connectivity index (χ3n) is 3.44. The Morgan fingerprint density at radius 3 is 2.53 bits per heavy atom. The van der Waals surface area contributed by atoms with Gasteiger partial charge in [0.25, 0.3) is 0 Å². The SMILES string of the molecule is Nc1cc(S(=O)(=O)N2CCC(CO)CC2)ccc1Br. The first-order valence-electron chi connectivity index (χ1n) is 6.11.